The second-order valence-electron chi connectivity index (χ2n) is 7.42. The summed E-state index contributed by atoms with van der Waals surface area (Å²) >= 11 is 6.40. The van der Waals surface area contributed by atoms with Crippen LogP contribution in [0.2, 0.25) is 5.02 Å². The van der Waals surface area contributed by atoms with Gasteiger partial charge in [-0.05, 0) is 70.2 Å². The van der Waals surface area contributed by atoms with E-state index < -0.39 is 17.6 Å². The van der Waals surface area contributed by atoms with Gasteiger partial charge in [-0.1, -0.05) is 48.9 Å². The predicted molar refractivity (Wildman–Crippen MR) is 127 cm³/mol. The van der Waals surface area contributed by atoms with Gasteiger partial charge in [-0.3, -0.25) is 5.10 Å². The third kappa shape index (κ3) is 4.71. The van der Waals surface area contributed by atoms with Crippen molar-refractivity contribution >= 4 is 45.7 Å². The van der Waals surface area contributed by atoms with Gasteiger partial charge in [-0.15, -0.1) is 0 Å². The number of carboxylic acids is 1. The zero-order chi connectivity index (χ0) is 23.5. The fourth-order valence-corrected chi connectivity index (χ4v) is 4.12. The average molecular weight is 465 g/mol. The summed E-state index contributed by atoms with van der Waals surface area (Å²) in [6, 6.07) is 14.7. The molecule has 4 rings (SSSR count). The number of carbonyl (C=O) groups is 1. The molecule has 0 aliphatic rings. The fraction of sp³-hybridized carbons (Fsp3) is 0.0769. The molecule has 0 radical (unpaired) electrons. The molecule has 0 bridgehead atoms. The zero-order valence-electron chi connectivity index (χ0n) is 17.6. The zero-order valence-corrected chi connectivity index (χ0v) is 18.3. The van der Waals surface area contributed by atoms with Crippen LogP contribution in [0.3, 0.4) is 0 Å². The van der Waals surface area contributed by atoms with Crippen LogP contribution in [0.25, 0.3) is 28.1 Å². The Labute approximate surface area is 193 Å². The second kappa shape index (κ2) is 9.38. The first-order valence-corrected chi connectivity index (χ1v) is 10.6. The van der Waals surface area contributed by atoms with Gasteiger partial charge in [0.1, 0.15) is 17.2 Å². The Balaban J connectivity index is 1.97. The Morgan fingerprint density at radius 3 is 2.52 bits per heavy atom. The van der Waals surface area contributed by atoms with Crippen molar-refractivity contribution in [2.24, 2.45) is 0 Å². The second-order valence-corrected chi connectivity index (χ2v) is 7.82. The lowest BCUT2D eigenvalue weighted by molar-refractivity contribution is -0.131. The minimum atomic E-state index is -1.04. The van der Waals surface area contributed by atoms with Crippen molar-refractivity contribution in [3.8, 4) is 0 Å². The van der Waals surface area contributed by atoms with E-state index in [9.17, 15) is 13.6 Å². The minimum Gasteiger partial charge on any atom is -0.478 e. The van der Waals surface area contributed by atoms with Crippen molar-refractivity contribution in [3.63, 3.8) is 0 Å². The third-order valence-electron chi connectivity index (χ3n) is 5.32. The molecule has 0 saturated heterocycles. The highest BCUT2D eigenvalue weighted by molar-refractivity contribution is 6.32. The number of benzene rings is 3. The SMILES string of the molecule is CCC(=C(c1ccc(C=CC(=O)O)cc1)c1cc(F)c2[nH]ncc2c1)c1ccc(F)cc1Cl. The number of carboxylic acid groups (broad SMARTS) is 1. The first-order valence-electron chi connectivity index (χ1n) is 10.2. The van der Waals surface area contributed by atoms with Gasteiger partial charge in [0, 0.05) is 11.5 Å². The van der Waals surface area contributed by atoms with E-state index >= 15 is 0 Å². The molecule has 3 aromatic carbocycles. The Kier molecular flexibility index (Phi) is 6.38. The molecule has 0 aliphatic heterocycles. The van der Waals surface area contributed by atoms with E-state index in [1.54, 1.807) is 24.4 Å². The first-order chi connectivity index (χ1) is 15.9. The number of H-pyrrole nitrogens is 1. The van der Waals surface area contributed by atoms with E-state index in [0.717, 1.165) is 22.8 Å². The van der Waals surface area contributed by atoms with Gasteiger partial charge in [0.05, 0.1) is 11.2 Å². The molecule has 0 aliphatic carbocycles. The number of allylic oxidation sites excluding steroid dienone is 1. The lowest BCUT2D eigenvalue weighted by Gasteiger charge is -2.18. The summed E-state index contributed by atoms with van der Waals surface area (Å²) in [5.41, 5.74) is 4.62. The van der Waals surface area contributed by atoms with Crippen LogP contribution in [0.1, 0.15) is 35.6 Å². The number of hydrogen-bond donors (Lipinski definition) is 2. The summed E-state index contributed by atoms with van der Waals surface area (Å²) in [7, 11) is 0. The van der Waals surface area contributed by atoms with E-state index in [1.807, 2.05) is 25.1 Å². The molecule has 166 valence electrons. The van der Waals surface area contributed by atoms with Crippen LogP contribution in [0.15, 0.2) is 66.9 Å². The van der Waals surface area contributed by atoms with Crippen molar-refractivity contribution in [2.45, 2.75) is 13.3 Å². The van der Waals surface area contributed by atoms with Crippen LogP contribution in [-0.2, 0) is 4.79 Å². The number of rotatable bonds is 6. The number of hydrogen-bond acceptors (Lipinski definition) is 2. The molecule has 0 saturated carbocycles. The average Bonchev–Trinajstić information content (AvgIpc) is 3.26. The standard InChI is InChI=1S/C26H19ClF2N2O2/c1-2-20(21-9-8-19(28)13-22(21)27)25(16-6-3-15(4-7-16)5-10-24(32)33)17-11-18-14-30-31-26(18)23(29)12-17/h3-14H,2H2,1H3,(H,30,31)(H,32,33). The van der Waals surface area contributed by atoms with Gasteiger partial charge in [-0.2, -0.15) is 5.10 Å². The topological polar surface area (TPSA) is 66.0 Å². The van der Waals surface area contributed by atoms with E-state index in [4.69, 9.17) is 16.7 Å². The number of halogens is 3. The number of aromatic amines is 1. The summed E-state index contributed by atoms with van der Waals surface area (Å²) < 4.78 is 28.6. The first kappa shape index (κ1) is 22.4. The van der Waals surface area contributed by atoms with Gasteiger partial charge in [0.2, 0.25) is 0 Å². The molecule has 1 heterocycles. The van der Waals surface area contributed by atoms with Crippen molar-refractivity contribution in [2.75, 3.05) is 0 Å². The smallest absolute Gasteiger partial charge is 0.328 e. The highest BCUT2D eigenvalue weighted by atomic mass is 35.5. The van der Waals surface area contributed by atoms with Crippen molar-refractivity contribution in [1.82, 2.24) is 10.2 Å². The Morgan fingerprint density at radius 2 is 1.85 bits per heavy atom. The van der Waals surface area contributed by atoms with E-state index in [1.165, 1.54) is 24.3 Å². The summed E-state index contributed by atoms with van der Waals surface area (Å²) in [4.78, 5) is 10.8. The minimum absolute atomic E-state index is 0.259. The number of fused-ring (bicyclic) bond motifs is 1. The van der Waals surface area contributed by atoms with Crippen LogP contribution in [0.5, 0.6) is 0 Å². The molecule has 0 atom stereocenters. The number of nitrogens with one attached hydrogen (secondary N) is 1. The van der Waals surface area contributed by atoms with Gasteiger partial charge in [0.15, 0.2) is 0 Å². The van der Waals surface area contributed by atoms with Gasteiger partial charge < -0.3 is 5.11 Å². The van der Waals surface area contributed by atoms with E-state index in [0.29, 0.717) is 34.0 Å². The molecule has 0 amide bonds. The van der Waals surface area contributed by atoms with Crippen LogP contribution in [0, 0.1) is 11.6 Å². The van der Waals surface area contributed by atoms with Crippen LogP contribution in [0.4, 0.5) is 8.78 Å². The lowest BCUT2D eigenvalue weighted by atomic mass is 9.87. The number of aliphatic carboxylic acids is 1. The highest BCUT2D eigenvalue weighted by Crippen LogP contribution is 2.38. The molecule has 2 N–H and O–H groups in total. The summed E-state index contributed by atoms with van der Waals surface area (Å²) in [5, 5.41) is 16.3. The fourth-order valence-electron chi connectivity index (χ4n) is 3.84. The maximum Gasteiger partial charge on any atom is 0.328 e. The van der Waals surface area contributed by atoms with Crippen LogP contribution < -0.4 is 0 Å². The molecule has 0 spiro atoms. The van der Waals surface area contributed by atoms with Crippen molar-refractivity contribution < 1.29 is 18.7 Å². The molecular formula is C26H19ClF2N2O2. The molecule has 0 unspecified atom stereocenters. The maximum atomic E-state index is 14.9. The van der Waals surface area contributed by atoms with E-state index in [2.05, 4.69) is 10.2 Å². The highest BCUT2D eigenvalue weighted by Gasteiger charge is 2.18. The molecule has 4 aromatic rings. The third-order valence-corrected chi connectivity index (χ3v) is 5.63. The molecule has 1 aromatic heterocycles. The molecular weight excluding hydrogens is 446 g/mol. The number of nitrogens with zero attached hydrogens (tertiary/aromatic N) is 1. The normalized spacial score (nSPS) is 12.4. The van der Waals surface area contributed by atoms with Gasteiger partial charge in [0.25, 0.3) is 0 Å². The van der Waals surface area contributed by atoms with Crippen molar-refractivity contribution in [1.29, 1.82) is 0 Å². The van der Waals surface area contributed by atoms with Gasteiger partial charge >= 0.3 is 5.97 Å². The molecule has 4 nitrogen and oxygen atoms in total. The van der Waals surface area contributed by atoms with Gasteiger partial charge in [-0.25, -0.2) is 13.6 Å². The Hall–Kier alpha value is -3.77. The largest absolute Gasteiger partial charge is 0.478 e. The number of aromatic nitrogens is 2. The lowest BCUT2D eigenvalue weighted by Crippen LogP contribution is -1.97. The monoisotopic (exact) mass is 464 g/mol. The van der Waals surface area contributed by atoms with E-state index in [-0.39, 0.29) is 5.02 Å². The summed E-state index contributed by atoms with van der Waals surface area (Å²) in [5.74, 6) is -1.93. The molecule has 33 heavy (non-hydrogen) atoms. The summed E-state index contributed by atoms with van der Waals surface area (Å²) in [6.45, 7) is 1.95. The predicted octanol–water partition coefficient (Wildman–Crippen LogP) is 6.96. The quantitative estimate of drug-likeness (QED) is 0.239. The van der Waals surface area contributed by atoms with Crippen molar-refractivity contribution in [3.05, 3.63) is 106 Å². The van der Waals surface area contributed by atoms with Crippen LogP contribution in [-0.4, -0.2) is 21.3 Å². The maximum absolute atomic E-state index is 14.9. The Bertz CT molecular complexity index is 1410. The summed E-state index contributed by atoms with van der Waals surface area (Å²) in [6.07, 6.45) is 4.65. The molecule has 0 fully saturated rings. The Morgan fingerprint density at radius 1 is 1.09 bits per heavy atom. The van der Waals surface area contributed by atoms with Crippen LogP contribution >= 0.6 is 11.6 Å². The molecule has 7 heteroatoms.